The summed E-state index contributed by atoms with van der Waals surface area (Å²) in [5.74, 6) is 1.33. The standard InChI is InChI=1S/C22H18N4O/c1-25-12-13-26(21-20(25)23-18-8-4-5-9-19(18)24-21)22(27)17-11-10-15-6-2-3-7-16(15)14-17/h2-11,14H,12-13H2,1H3. The lowest BCUT2D eigenvalue weighted by atomic mass is 10.1. The van der Waals surface area contributed by atoms with Gasteiger partial charge in [0.1, 0.15) is 0 Å². The zero-order chi connectivity index (χ0) is 18.4. The molecule has 0 fully saturated rings. The summed E-state index contributed by atoms with van der Waals surface area (Å²) in [5, 5.41) is 2.18. The number of carbonyl (C=O) groups excluding carboxylic acids is 1. The van der Waals surface area contributed by atoms with Gasteiger partial charge >= 0.3 is 0 Å². The van der Waals surface area contributed by atoms with E-state index in [9.17, 15) is 4.79 Å². The number of hydrogen-bond donors (Lipinski definition) is 0. The summed E-state index contributed by atoms with van der Waals surface area (Å²) in [6.07, 6.45) is 0. The van der Waals surface area contributed by atoms with Gasteiger partial charge in [0.05, 0.1) is 11.0 Å². The molecule has 0 saturated heterocycles. The van der Waals surface area contributed by atoms with Crippen molar-refractivity contribution in [1.29, 1.82) is 0 Å². The Balaban J connectivity index is 1.61. The van der Waals surface area contributed by atoms with E-state index in [4.69, 9.17) is 9.97 Å². The quantitative estimate of drug-likeness (QED) is 0.520. The Morgan fingerprint density at radius 1 is 0.815 bits per heavy atom. The number of carbonyl (C=O) groups is 1. The third kappa shape index (κ3) is 2.59. The van der Waals surface area contributed by atoms with Crippen LogP contribution in [0.25, 0.3) is 21.8 Å². The Morgan fingerprint density at radius 3 is 2.26 bits per heavy atom. The molecule has 0 radical (unpaired) electrons. The van der Waals surface area contributed by atoms with Crippen molar-refractivity contribution < 1.29 is 4.79 Å². The van der Waals surface area contributed by atoms with Gasteiger partial charge < -0.3 is 4.90 Å². The smallest absolute Gasteiger partial charge is 0.259 e. The van der Waals surface area contributed by atoms with E-state index >= 15 is 0 Å². The SMILES string of the molecule is CN1CCN(C(=O)c2ccc3ccccc3c2)c2nc3ccccc3nc21. The summed E-state index contributed by atoms with van der Waals surface area (Å²) < 4.78 is 0. The first kappa shape index (κ1) is 15.8. The summed E-state index contributed by atoms with van der Waals surface area (Å²) in [6, 6.07) is 21.6. The Hall–Kier alpha value is -3.47. The van der Waals surface area contributed by atoms with Crippen molar-refractivity contribution in [2.45, 2.75) is 0 Å². The first-order chi connectivity index (χ1) is 13.2. The Bertz CT molecular complexity index is 1190. The van der Waals surface area contributed by atoms with Crippen molar-refractivity contribution in [3.8, 4) is 0 Å². The molecule has 2 heterocycles. The van der Waals surface area contributed by atoms with Crippen LogP contribution in [0.4, 0.5) is 11.6 Å². The van der Waals surface area contributed by atoms with E-state index in [2.05, 4.69) is 4.90 Å². The highest BCUT2D eigenvalue weighted by molar-refractivity contribution is 6.09. The maximum atomic E-state index is 13.3. The van der Waals surface area contributed by atoms with Crippen LogP contribution in [-0.4, -0.2) is 36.0 Å². The number of aromatic nitrogens is 2. The van der Waals surface area contributed by atoms with Gasteiger partial charge in [-0.1, -0.05) is 42.5 Å². The van der Waals surface area contributed by atoms with E-state index in [0.29, 0.717) is 17.9 Å². The van der Waals surface area contributed by atoms with Crippen LogP contribution in [-0.2, 0) is 0 Å². The number of rotatable bonds is 1. The minimum absolute atomic E-state index is 0.0420. The molecule has 5 rings (SSSR count). The number of hydrogen-bond acceptors (Lipinski definition) is 4. The monoisotopic (exact) mass is 354 g/mol. The molecule has 4 aromatic rings. The van der Waals surface area contributed by atoms with Crippen LogP contribution in [0.2, 0.25) is 0 Å². The second-order valence-electron chi connectivity index (χ2n) is 6.80. The third-order valence-electron chi connectivity index (χ3n) is 5.05. The number of benzene rings is 3. The fourth-order valence-corrected chi connectivity index (χ4v) is 3.56. The third-order valence-corrected chi connectivity index (χ3v) is 5.05. The fraction of sp³-hybridized carbons (Fsp3) is 0.136. The first-order valence-corrected chi connectivity index (χ1v) is 8.99. The molecule has 3 aromatic carbocycles. The molecule has 1 aromatic heterocycles. The zero-order valence-corrected chi connectivity index (χ0v) is 15.0. The van der Waals surface area contributed by atoms with Crippen LogP contribution >= 0.6 is 0 Å². The minimum Gasteiger partial charge on any atom is -0.355 e. The molecule has 1 aliphatic rings. The number of likely N-dealkylation sites (N-methyl/N-ethyl adjacent to an activating group) is 1. The topological polar surface area (TPSA) is 49.3 Å². The number of para-hydroxylation sites is 2. The number of amides is 1. The van der Waals surface area contributed by atoms with Crippen molar-refractivity contribution in [3.05, 3.63) is 72.3 Å². The summed E-state index contributed by atoms with van der Waals surface area (Å²) >= 11 is 0. The molecule has 5 nitrogen and oxygen atoms in total. The summed E-state index contributed by atoms with van der Waals surface area (Å²) in [7, 11) is 1.99. The molecule has 5 heteroatoms. The first-order valence-electron chi connectivity index (χ1n) is 8.99. The van der Waals surface area contributed by atoms with Crippen LogP contribution in [0.3, 0.4) is 0 Å². The van der Waals surface area contributed by atoms with Gasteiger partial charge in [-0.15, -0.1) is 0 Å². The second-order valence-corrected chi connectivity index (χ2v) is 6.80. The highest BCUT2D eigenvalue weighted by atomic mass is 16.2. The molecule has 0 saturated carbocycles. The molecule has 0 atom stereocenters. The van der Waals surface area contributed by atoms with Crippen LogP contribution in [0, 0.1) is 0 Å². The molecule has 0 aliphatic carbocycles. The molecule has 0 spiro atoms. The summed E-state index contributed by atoms with van der Waals surface area (Å²) in [5.41, 5.74) is 2.30. The van der Waals surface area contributed by atoms with Gasteiger partial charge in [0.15, 0.2) is 11.6 Å². The summed E-state index contributed by atoms with van der Waals surface area (Å²) in [4.78, 5) is 26.6. The molecule has 1 aliphatic heterocycles. The Kier molecular flexibility index (Phi) is 3.53. The van der Waals surface area contributed by atoms with Crippen molar-refractivity contribution in [3.63, 3.8) is 0 Å². The molecule has 132 valence electrons. The maximum absolute atomic E-state index is 13.3. The lowest BCUT2D eigenvalue weighted by Crippen LogP contribution is -2.43. The molecule has 0 N–H and O–H groups in total. The minimum atomic E-state index is -0.0420. The van der Waals surface area contributed by atoms with Gasteiger partial charge in [0, 0.05) is 25.7 Å². The van der Waals surface area contributed by atoms with E-state index in [1.54, 1.807) is 4.90 Å². The molecular weight excluding hydrogens is 336 g/mol. The van der Waals surface area contributed by atoms with Crippen LogP contribution in [0.5, 0.6) is 0 Å². The van der Waals surface area contributed by atoms with Crippen molar-refractivity contribution in [1.82, 2.24) is 9.97 Å². The average molecular weight is 354 g/mol. The highest BCUT2D eigenvalue weighted by Crippen LogP contribution is 2.31. The van der Waals surface area contributed by atoms with Gasteiger partial charge in [-0.25, -0.2) is 9.97 Å². The zero-order valence-electron chi connectivity index (χ0n) is 15.0. The van der Waals surface area contributed by atoms with Gasteiger partial charge in [-0.05, 0) is 35.0 Å². The van der Waals surface area contributed by atoms with Crippen molar-refractivity contribution in [2.24, 2.45) is 0 Å². The average Bonchev–Trinajstić information content (AvgIpc) is 2.72. The highest BCUT2D eigenvalue weighted by Gasteiger charge is 2.29. The molecule has 0 bridgehead atoms. The molecule has 0 unspecified atom stereocenters. The Labute approximate surface area is 156 Å². The molecule has 1 amide bonds. The number of fused-ring (bicyclic) bond motifs is 3. The van der Waals surface area contributed by atoms with Gasteiger partial charge in [0.2, 0.25) is 0 Å². The van der Waals surface area contributed by atoms with Gasteiger partial charge in [-0.2, -0.15) is 0 Å². The summed E-state index contributed by atoms with van der Waals surface area (Å²) in [6.45, 7) is 1.31. The number of nitrogens with zero attached hydrogens (tertiary/aromatic N) is 4. The van der Waals surface area contributed by atoms with Crippen molar-refractivity contribution in [2.75, 3.05) is 29.9 Å². The van der Waals surface area contributed by atoms with E-state index in [0.717, 1.165) is 34.2 Å². The predicted molar refractivity (Wildman–Crippen MR) is 108 cm³/mol. The van der Waals surface area contributed by atoms with E-state index in [-0.39, 0.29) is 5.91 Å². The Morgan fingerprint density at radius 2 is 1.48 bits per heavy atom. The lowest BCUT2D eigenvalue weighted by Gasteiger charge is -2.33. The van der Waals surface area contributed by atoms with E-state index in [1.165, 1.54) is 0 Å². The van der Waals surface area contributed by atoms with Crippen LogP contribution in [0.15, 0.2) is 66.7 Å². The maximum Gasteiger partial charge on any atom is 0.259 e. The van der Waals surface area contributed by atoms with E-state index < -0.39 is 0 Å². The largest absolute Gasteiger partial charge is 0.355 e. The van der Waals surface area contributed by atoms with Crippen LogP contribution < -0.4 is 9.80 Å². The second kappa shape index (κ2) is 6.06. The van der Waals surface area contributed by atoms with Gasteiger partial charge in [0.25, 0.3) is 5.91 Å². The van der Waals surface area contributed by atoms with Gasteiger partial charge in [-0.3, -0.25) is 9.69 Å². The normalized spacial score (nSPS) is 13.8. The molecular formula is C22H18N4O. The van der Waals surface area contributed by atoms with Crippen molar-refractivity contribution >= 4 is 39.3 Å². The number of anilines is 2. The lowest BCUT2D eigenvalue weighted by molar-refractivity contribution is 0.0986. The predicted octanol–water partition coefficient (Wildman–Crippen LogP) is 3.88. The fourth-order valence-electron chi connectivity index (χ4n) is 3.56. The van der Waals surface area contributed by atoms with E-state index in [1.807, 2.05) is 73.8 Å². The van der Waals surface area contributed by atoms with Crippen LogP contribution in [0.1, 0.15) is 10.4 Å². The molecule has 27 heavy (non-hydrogen) atoms.